The quantitative estimate of drug-likeness (QED) is 0.670. The molecule has 90 valence electrons. The van der Waals surface area contributed by atoms with Gasteiger partial charge in [-0.25, -0.2) is 4.39 Å². The van der Waals surface area contributed by atoms with Gasteiger partial charge in [0.25, 0.3) is 0 Å². The van der Waals surface area contributed by atoms with Crippen molar-refractivity contribution >= 4 is 17.4 Å². The van der Waals surface area contributed by atoms with Crippen molar-refractivity contribution in [2.75, 3.05) is 5.73 Å². The summed E-state index contributed by atoms with van der Waals surface area (Å²) in [5.41, 5.74) is 5.96. The first-order chi connectivity index (χ1) is 8.17. The first-order valence-corrected chi connectivity index (χ1v) is 6.16. The molecule has 0 unspecified atom stereocenters. The van der Waals surface area contributed by atoms with Gasteiger partial charge in [0.1, 0.15) is 5.82 Å². The minimum atomic E-state index is -0.340. The fraction of sp³-hybridized carbons (Fsp3) is 0.273. The maximum atomic E-state index is 13.1. The summed E-state index contributed by atoms with van der Waals surface area (Å²) in [4.78, 5) is 4.91. The molecule has 0 saturated carbocycles. The third kappa shape index (κ3) is 3.20. The number of nitrogen functional groups attached to an aromatic ring is 1. The second kappa shape index (κ2) is 5.18. The van der Waals surface area contributed by atoms with Crippen molar-refractivity contribution in [2.24, 2.45) is 0 Å². The number of benzene rings is 1. The number of nitrogens with two attached hydrogens (primary N) is 1. The maximum Gasteiger partial charge on any atom is 0.237 e. The topological polar surface area (TPSA) is 64.9 Å². The Morgan fingerprint density at radius 2 is 2.24 bits per heavy atom. The Kier molecular flexibility index (Phi) is 3.63. The molecule has 2 N–H and O–H groups in total. The van der Waals surface area contributed by atoms with E-state index in [1.165, 1.54) is 23.9 Å². The lowest BCUT2D eigenvalue weighted by Gasteiger charge is -2.00. The molecule has 0 spiro atoms. The van der Waals surface area contributed by atoms with E-state index in [9.17, 15) is 4.39 Å². The summed E-state index contributed by atoms with van der Waals surface area (Å²) < 4.78 is 18.1. The number of anilines is 1. The van der Waals surface area contributed by atoms with Gasteiger partial charge in [0.2, 0.25) is 5.89 Å². The first kappa shape index (κ1) is 11.9. The predicted octanol–water partition coefficient (Wildman–Crippen LogP) is 2.65. The second-order valence-electron chi connectivity index (χ2n) is 3.47. The molecule has 1 heterocycles. The SMILES string of the molecule is CCc1noc(CSc2cc(N)cc(F)c2)n1. The van der Waals surface area contributed by atoms with E-state index in [-0.39, 0.29) is 5.82 Å². The smallest absolute Gasteiger partial charge is 0.237 e. The van der Waals surface area contributed by atoms with E-state index in [2.05, 4.69) is 10.1 Å². The van der Waals surface area contributed by atoms with E-state index < -0.39 is 0 Å². The molecule has 0 radical (unpaired) electrons. The number of aromatic nitrogens is 2. The van der Waals surface area contributed by atoms with Crippen LogP contribution < -0.4 is 5.73 Å². The van der Waals surface area contributed by atoms with Crippen LogP contribution in [0, 0.1) is 5.82 Å². The summed E-state index contributed by atoms with van der Waals surface area (Å²) in [5.74, 6) is 1.39. The zero-order valence-corrected chi connectivity index (χ0v) is 10.1. The van der Waals surface area contributed by atoms with Gasteiger partial charge in [-0.3, -0.25) is 0 Å². The normalized spacial score (nSPS) is 10.7. The molecule has 0 bridgehead atoms. The fourth-order valence-corrected chi connectivity index (χ4v) is 2.13. The van der Waals surface area contributed by atoms with Gasteiger partial charge in [-0.2, -0.15) is 4.98 Å². The standard InChI is InChI=1S/C11H12FN3OS/c1-2-10-14-11(16-15-10)6-17-9-4-7(12)3-8(13)5-9/h3-5H,2,6,13H2,1H3. The summed E-state index contributed by atoms with van der Waals surface area (Å²) in [6, 6.07) is 4.43. The summed E-state index contributed by atoms with van der Waals surface area (Å²) in [6.07, 6.45) is 0.737. The van der Waals surface area contributed by atoms with Crippen molar-refractivity contribution in [1.82, 2.24) is 10.1 Å². The van der Waals surface area contributed by atoms with Crippen LogP contribution in [0.25, 0.3) is 0 Å². The molecule has 0 aliphatic carbocycles. The Morgan fingerprint density at radius 3 is 2.88 bits per heavy atom. The number of hydrogen-bond donors (Lipinski definition) is 1. The van der Waals surface area contributed by atoms with Crippen LogP contribution in [-0.2, 0) is 12.2 Å². The van der Waals surface area contributed by atoms with Crippen molar-refractivity contribution in [2.45, 2.75) is 24.0 Å². The van der Waals surface area contributed by atoms with Crippen LogP contribution in [0.4, 0.5) is 10.1 Å². The van der Waals surface area contributed by atoms with Crippen LogP contribution in [0.5, 0.6) is 0 Å². The van der Waals surface area contributed by atoms with Gasteiger partial charge in [-0.15, -0.1) is 11.8 Å². The largest absolute Gasteiger partial charge is 0.399 e. The number of aryl methyl sites for hydroxylation is 1. The molecule has 2 rings (SSSR count). The third-order valence-electron chi connectivity index (χ3n) is 2.08. The Hall–Kier alpha value is -1.56. The van der Waals surface area contributed by atoms with Crippen molar-refractivity contribution in [3.63, 3.8) is 0 Å². The molecule has 1 aromatic carbocycles. The number of thioether (sulfide) groups is 1. The Labute approximate surface area is 102 Å². The molecule has 0 aliphatic rings. The van der Waals surface area contributed by atoms with Gasteiger partial charge in [0.05, 0.1) is 5.75 Å². The van der Waals surface area contributed by atoms with Gasteiger partial charge in [-0.1, -0.05) is 12.1 Å². The highest BCUT2D eigenvalue weighted by Crippen LogP contribution is 2.25. The van der Waals surface area contributed by atoms with Crippen LogP contribution in [0.1, 0.15) is 18.6 Å². The number of hydrogen-bond acceptors (Lipinski definition) is 5. The second-order valence-corrected chi connectivity index (χ2v) is 4.52. The van der Waals surface area contributed by atoms with Crippen LogP contribution in [0.2, 0.25) is 0 Å². The van der Waals surface area contributed by atoms with E-state index in [1.807, 2.05) is 6.92 Å². The summed E-state index contributed by atoms with van der Waals surface area (Å²) >= 11 is 1.41. The number of nitrogens with zero attached hydrogens (tertiary/aromatic N) is 2. The van der Waals surface area contributed by atoms with E-state index in [0.717, 1.165) is 11.3 Å². The summed E-state index contributed by atoms with van der Waals surface area (Å²) in [7, 11) is 0. The average molecular weight is 253 g/mol. The van der Waals surface area contributed by atoms with E-state index >= 15 is 0 Å². The average Bonchev–Trinajstić information content (AvgIpc) is 2.73. The van der Waals surface area contributed by atoms with E-state index in [0.29, 0.717) is 23.2 Å². The van der Waals surface area contributed by atoms with Crippen LogP contribution in [-0.4, -0.2) is 10.1 Å². The van der Waals surface area contributed by atoms with E-state index in [1.54, 1.807) is 6.07 Å². The summed E-state index contributed by atoms with van der Waals surface area (Å²) in [6.45, 7) is 1.95. The zero-order valence-electron chi connectivity index (χ0n) is 9.31. The summed E-state index contributed by atoms with van der Waals surface area (Å²) in [5, 5.41) is 3.78. The van der Waals surface area contributed by atoms with Crippen LogP contribution >= 0.6 is 11.8 Å². The fourth-order valence-electron chi connectivity index (χ4n) is 1.31. The molecule has 0 saturated heterocycles. The van der Waals surface area contributed by atoms with E-state index in [4.69, 9.17) is 10.3 Å². The van der Waals surface area contributed by atoms with Gasteiger partial charge >= 0.3 is 0 Å². The lowest BCUT2D eigenvalue weighted by atomic mass is 10.3. The molecule has 1 aromatic heterocycles. The molecule has 0 atom stereocenters. The van der Waals surface area contributed by atoms with Gasteiger partial charge < -0.3 is 10.3 Å². The van der Waals surface area contributed by atoms with Crippen molar-refractivity contribution in [3.8, 4) is 0 Å². The van der Waals surface area contributed by atoms with Crippen LogP contribution in [0.3, 0.4) is 0 Å². The number of rotatable bonds is 4. The minimum absolute atomic E-state index is 0.340. The zero-order chi connectivity index (χ0) is 12.3. The predicted molar refractivity (Wildman–Crippen MR) is 64.0 cm³/mol. The van der Waals surface area contributed by atoms with Gasteiger partial charge in [0, 0.05) is 17.0 Å². The molecular weight excluding hydrogens is 241 g/mol. The van der Waals surface area contributed by atoms with Crippen LogP contribution in [0.15, 0.2) is 27.6 Å². The monoisotopic (exact) mass is 253 g/mol. The van der Waals surface area contributed by atoms with Crippen molar-refractivity contribution in [1.29, 1.82) is 0 Å². The third-order valence-corrected chi connectivity index (χ3v) is 3.04. The highest BCUT2D eigenvalue weighted by molar-refractivity contribution is 7.98. The molecule has 4 nitrogen and oxygen atoms in total. The minimum Gasteiger partial charge on any atom is -0.399 e. The molecule has 0 amide bonds. The molecule has 0 aliphatic heterocycles. The Morgan fingerprint density at radius 1 is 1.41 bits per heavy atom. The van der Waals surface area contributed by atoms with Crippen molar-refractivity contribution in [3.05, 3.63) is 35.7 Å². The Balaban J connectivity index is 2.01. The molecule has 17 heavy (non-hydrogen) atoms. The molecular formula is C11H12FN3OS. The highest BCUT2D eigenvalue weighted by Gasteiger charge is 2.06. The number of halogens is 1. The molecule has 0 fully saturated rings. The lowest BCUT2D eigenvalue weighted by molar-refractivity contribution is 0.385. The van der Waals surface area contributed by atoms with Gasteiger partial charge in [0.15, 0.2) is 5.82 Å². The highest BCUT2D eigenvalue weighted by atomic mass is 32.2. The van der Waals surface area contributed by atoms with Crippen molar-refractivity contribution < 1.29 is 8.91 Å². The lowest BCUT2D eigenvalue weighted by Crippen LogP contribution is -1.88. The molecule has 6 heteroatoms. The Bertz CT molecular complexity index is 495. The van der Waals surface area contributed by atoms with Gasteiger partial charge in [-0.05, 0) is 18.2 Å². The first-order valence-electron chi connectivity index (χ1n) is 5.17. The molecule has 2 aromatic rings. The maximum absolute atomic E-state index is 13.1.